The predicted molar refractivity (Wildman–Crippen MR) is 420 cm³/mol. The largest absolute Gasteiger partial charge is 0.481 e. The van der Waals surface area contributed by atoms with Gasteiger partial charge in [-0.25, -0.2) is 0 Å². The average molecular weight is 1620 g/mol. The maximum Gasteiger partial charge on any atom is 0.325 e. The molecule has 0 amide bonds. The van der Waals surface area contributed by atoms with Crippen molar-refractivity contribution >= 4 is 103 Å². The monoisotopic (exact) mass is 1620 g/mol. The second-order valence-corrected chi connectivity index (χ2v) is 27.5. The van der Waals surface area contributed by atoms with Crippen LogP contribution < -0.4 is 66.3 Å². The van der Waals surface area contributed by atoms with Crippen molar-refractivity contribution in [2.45, 2.75) is 66.2 Å². The number of ketones is 2. The molecule has 614 valence electrons. The molecule has 118 heavy (non-hydrogen) atoms. The van der Waals surface area contributed by atoms with Crippen LogP contribution in [-0.4, -0.2) is 155 Å². The van der Waals surface area contributed by atoms with Gasteiger partial charge in [0.05, 0.1) is 88.8 Å². The van der Waals surface area contributed by atoms with Crippen molar-refractivity contribution in [2.24, 2.45) is 11.8 Å². The number of Topliss-reactive ketones (excluding diaryl/α,β-unsaturated/α-hetero) is 2. The Morgan fingerprint density at radius 1 is 0.458 bits per heavy atom. The van der Waals surface area contributed by atoms with Gasteiger partial charge in [0.2, 0.25) is 47.6 Å². The van der Waals surface area contributed by atoms with E-state index >= 15 is 0 Å². The molecule has 19 rings (SSSR count). The number of nitro benzene ring substituents is 2. The van der Waals surface area contributed by atoms with Crippen LogP contribution in [0.5, 0.6) is 80.5 Å². The number of carboxylic acid groups (broad SMARTS) is 2. The molecule has 2 atom stereocenters. The lowest BCUT2D eigenvalue weighted by atomic mass is 10.1. The minimum absolute atomic E-state index is 0.00681. The van der Waals surface area contributed by atoms with Gasteiger partial charge in [-0.05, 0) is 110 Å². The van der Waals surface area contributed by atoms with Crippen LogP contribution >= 0.6 is 0 Å². The fraction of sp³-hybridized carbons (Fsp3) is 0.277. The molecule has 2 unspecified atom stereocenters. The number of hydrogen-bond acceptors (Lipinski definition) is 27. The number of esters is 2. The highest BCUT2D eigenvalue weighted by atomic mass is 16.7. The number of nitro groups is 2. The van der Waals surface area contributed by atoms with Gasteiger partial charge in [0, 0.05) is 103 Å². The first-order chi connectivity index (χ1) is 56.8. The van der Waals surface area contributed by atoms with Gasteiger partial charge >= 0.3 is 23.9 Å². The van der Waals surface area contributed by atoms with E-state index in [4.69, 9.17) is 76.5 Å². The van der Waals surface area contributed by atoms with Gasteiger partial charge in [-0.2, -0.15) is 0 Å². The van der Waals surface area contributed by atoms with Crippen molar-refractivity contribution < 1.29 is 125 Å². The molecule has 0 spiro atoms. The van der Waals surface area contributed by atoms with Crippen LogP contribution in [0.15, 0.2) is 146 Å². The first-order valence-corrected chi connectivity index (χ1v) is 36.6. The Labute approximate surface area is 670 Å². The summed E-state index contributed by atoms with van der Waals surface area (Å²) in [5, 5.41) is 43.0. The number of fused-ring (bicyclic) bond motifs is 12. The SMILES string of the molecule is C1=Cc2cc3c(cc2C1)OCO3.CC(CC(=O)Cn1ccc2cc3c(cc21)OCO3)C(=O)O.CN(C)/C=C/c1cc2c(cc1[N+](=O)[O-])OCO2.COC(=O)C(C)CC(=O)Cn1ccc2cc3c(cc21)OCO3.COC(=O)Cn1ccc2cc3c(cc21)OCO3.Cc1cc2c(cc1[N+](=O)[O-])OCO2.O=C(O)Cn1ccc2cc3c(cc21)OCO3. The van der Waals surface area contributed by atoms with Crippen LogP contribution in [-0.2, 0) is 70.8 Å². The maximum absolute atomic E-state index is 12.1. The van der Waals surface area contributed by atoms with Crippen LogP contribution in [0, 0.1) is 39.0 Å². The van der Waals surface area contributed by atoms with E-state index in [1.165, 1.54) is 44.4 Å². The summed E-state index contributed by atoms with van der Waals surface area (Å²) in [6.45, 7) is 6.90. The maximum atomic E-state index is 12.1. The molecule has 0 fully saturated rings. The van der Waals surface area contributed by atoms with Crippen LogP contribution in [0.2, 0.25) is 0 Å². The molecule has 35 nitrogen and oxygen atoms in total. The zero-order valence-electron chi connectivity index (χ0n) is 64.7. The second-order valence-electron chi connectivity index (χ2n) is 27.5. The van der Waals surface area contributed by atoms with Crippen LogP contribution in [0.25, 0.3) is 55.8 Å². The highest BCUT2D eigenvalue weighted by Gasteiger charge is 2.27. The van der Waals surface area contributed by atoms with Crippen LogP contribution in [0.4, 0.5) is 11.4 Å². The number of aromatic nitrogens is 4. The summed E-state index contributed by atoms with van der Waals surface area (Å²) >= 11 is 0. The molecule has 0 saturated heterocycles. The van der Waals surface area contributed by atoms with Crippen molar-refractivity contribution in [1.82, 2.24) is 23.2 Å². The number of carbonyl (C=O) groups excluding carboxylic acids is 4. The Hall–Kier alpha value is -14.8. The van der Waals surface area contributed by atoms with Gasteiger partial charge in [-0.15, -0.1) is 0 Å². The molecular weight excluding hydrogens is 1540 g/mol. The molecule has 7 aromatic carbocycles. The number of allylic oxidation sites excluding steroid dienone is 1. The smallest absolute Gasteiger partial charge is 0.325 e. The van der Waals surface area contributed by atoms with E-state index in [0.717, 1.165) is 73.0 Å². The van der Waals surface area contributed by atoms with E-state index in [2.05, 4.69) is 27.7 Å². The van der Waals surface area contributed by atoms with Gasteiger partial charge in [-0.3, -0.25) is 49.0 Å². The zero-order valence-corrected chi connectivity index (χ0v) is 64.7. The molecule has 0 bridgehead atoms. The number of hydrogen-bond donors (Lipinski definition) is 2. The Morgan fingerprint density at radius 2 is 0.805 bits per heavy atom. The van der Waals surface area contributed by atoms with E-state index < -0.39 is 33.6 Å². The molecule has 11 aromatic rings. The summed E-state index contributed by atoms with van der Waals surface area (Å²) in [6.07, 6.45) is 16.1. The van der Waals surface area contributed by atoms with Gasteiger partial charge in [0.25, 0.3) is 11.4 Å². The van der Waals surface area contributed by atoms with E-state index in [1.807, 2.05) is 115 Å². The summed E-state index contributed by atoms with van der Waals surface area (Å²) in [5.74, 6) is 5.63. The number of rotatable bonds is 18. The minimum Gasteiger partial charge on any atom is -0.481 e. The highest BCUT2D eigenvalue weighted by molar-refractivity contribution is 5.91. The van der Waals surface area contributed by atoms with E-state index in [1.54, 1.807) is 64.6 Å². The third kappa shape index (κ3) is 19.2. The van der Waals surface area contributed by atoms with Gasteiger partial charge in [-0.1, -0.05) is 26.0 Å². The molecule has 0 radical (unpaired) electrons. The number of aliphatic carboxylic acids is 2. The first kappa shape index (κ1) is 81.2. The van der Waals surface area contributed by atoms with Gasteiger partial charge in [0.1, 0.15) is 13.1 Å². The third-order valence-electron chi connectivity index (χ3n) is 19.1. The normalized spacial score (nSPS) is 13.9. The van der Waals surface area contributed by atoms with Gasteiger partial charge in [0.15, 0.2) is 92.1 Å². The number of benzene rings is 7. The Morgan fingerprint density at radius 3 is 1.19 bits per heavy atom. The van der Waals surface area contributed by atoms with Crippen molar-refractivity contribution in [1.29, 1.82) is 0 Å². The van der Waals surface area contributed by atoms with Crippen LogP contribution in [0.3, 0.4) is 0 Å². The van der Waals surface area contributed by atoms with Crippen LogP contribution in [0.1, 0.15) is 48.9 Å². The lowest BCUT2D eigenvalue weighted by molar-refractivity contribution is -0.385. The molecule has 1 aliphatic carbocycles. The summed E-state index contributed by atoms with van der Waals surface area (Å²) < 4.78 is 89.8. The fourth-order valence-electron chi connectivity index (χ4n) is 13.1. The molecule has 4 aromatic heterocycles. The fourth-order valence-corrected chi connectivity index (χ4v) is 13.1. The number of ether oxygens (including phenoxy) is 16. The number of carboxylic acids is 2. The van der Waals surface area contributed by atoms with E-state index in [-0.39, 0.29) is 115 Å². The highest BCUT2D eigenvalue weighted by Crippen LogP contribution is 2.44. The number of aryl methyl sites for hydroxylation is 1. The predicted octanol–water partition coefficient (Wildman–Crippen LogP) is 12.7. The van der Waals surface area contributed by atoms with Crippen molar-refractivity contribution in [3.63, 3.8) is 0 Å². The number of methoxy groups -OCH3 is 2. The molecule has 0 saturated carbocycles. The molecule has 35 heteroatoms. The molecule has 11 heterocycles. The van der Waals surface area contributed by atoms with Crippen molar-refractivity contribution in [3.8, 4) is 80.5 Å². The standard InChI is InChI=1S/C16H17NO5.C15H15NO5.C12H11NO4.C11H12N2O4.C11H9NO4.C10H8O2.C8H7NO4/c1-10(16(19)20-2)5-12(18)8-17-4-3-11-6-14-15(7-13(11)17)22-9-21-14;1-9(15(18)19)4-11(17)7-16-3-2-10-5-13-14(6-12(10)16)21-8-20-13;1-15-12(14)6-13-3-2-8-4-10-11(5-9(8)13)17-7-16-10;1-12(2)4-3-8-5-10-11(17-7-16-10)6-9(8)13(14)15;13-11(14)5-12-2-1-7-3-9-10(4-8(7)12)16-6-15-9;1-2-7-4-9-10(12-6-11-9)5-8(7)3-1;1-5-2-7-8(13-4-12-7)3-6(5)9(10)11/h3-4,6-7,10H,5,8-9H2,1-2H3;2-3,5-6,9H,4,7-8H2,1H3,(H,18,19);2-5H,6-7H2,1H3;3-6H,7H2,1-2H3;1-4H,5-6H2,(H,13,14);1-2,4-5H,3,6H2;2-3H,4H2,1H3/b;;;4-3+;;;. The van der Waals surface area contributed by atoms with Crippen molar-refractivity contribution in [3.05, 3.63) is 189 Å². The minimum atomic E-state index is -0.955. The number of nitrogens with zero attached hydrogens (tertiary/aromatic N) is 7. The molecule has 7 aliphatic heterocycles. The summed E-state index contributed by atoms with van der Waals surface area (Å²) in [6, 6.07) is 32.6. The average Bonchev–Trinajstić information content (AvgIpc) is 1.66. The van der Waals surface area contributed by atoms with Crippen molar-refractivity contribution in [2.75, 3.05) is 75.9 Å². The zero-order chi connectivity index (χ0) is 83.4. The quantitative estimate of drug-likeness (QED) is 0.0457. The second kappa shape index (κ2) is 36.1. The Balaban J connectivity index is 0.000000120. The summed E-state index contributed by atoms with van der Waals surface area (Å²) in [7, 11) is 6.39. The lowest BCUT2D eigenvalue weighted by Gasteiger charge is -2.09. The Kier molecular flexibility index (Phi) is 24.9. The summed E-state index contributed by atoms with van der Waals surface area (Å²) in [5.41, 5.74) is 7.28. The van der Waals surface area contributed by atoms with E-state index in [0.29, 0.717) is 75.4 Å². The molecular formula is C83H79N7O28. The Bertz CT molecular complexity index is 5770. The van der Waals surface area contributed by atoms with E-state index in [9.17, 15) is 49.0 Å². The molecule has 8 aliphatic rings. The lowest BCUT2D eigenvalue weighted by Crippen LogP contribution is -2.19. The summed E-state index contributed by atoms with van der Waals surface area (Å²) in [4.78, 5) is 90.6. The number of carbonyl (C=O) groups is 6. The van der Waals surface area contributed by atoms with Gasteiger partial charge < -0.3 is 109 Å². The first-order valence-electron chi connectivity index (χ1n) is 36.6. The topological polar surface area (TPSA) is 400 Å². The third-order valence-corrected chi connectivity index (χ3v) is 19.1. The molecule has 2 N–H and O–H groups in total.